The van der Waals surface area contributed by atoms with Gasteiger partial charge < -0.3 is 14.4 Å². The van der Waals surface area contributed by atoms with E-state index in [1.165, 1.54) is 0 Å². The maximum absolute atomic E-state index is 11.6. The van der Waals surface area contributed by atoms with Crippen LogP contribution < -0.4 is 0 Å². The van der Waals surface area contributed by atoms with Gasteiger partial charge in [0, 0.05) is 39.7 Å². The molecule has 1 unspecified atom stereocenters. The molecule has 114 valence electrons. The summed E-state index contributed by atoms with van der Waals surface area (Å²) in [5.41, 5.74) is 0.00767. The zero-order chi connectivity index (χ0) is 14.2. The van der Waals surface area contributed by atoms with Crippen molar-refractivity contribution in [3.8, 4) is 0 Å². The van der Waals surface area contributed by atoms with Crippen molar-refractivity contribution in [1.29, 1.82) is 0 Å². The van der Waals surface area contributed by atoms with Crippen molar-refractivity contribution >= 4 is 5.91 Å². The number of hydrogen-bond acceptors (Lipinski definition) is 4. The van der Waals surface area contributed by atoms with Crippen LogP contribution in [-0.2, 0) is 14.3 Å². The summed E-state index contributed by atoms with van der Waals surface area (Å²) < 4.78 is 11.4. The Balaban J connectivity index is 1.57. The first-order chi connectivity index (χ1) is 9.60. The highest BCUT2D eigenvalue weighted by atomic mass is 16.5. The van der Waals surface area contributed by atoms with E-state index < -0.39 is 0 Å². The van der Waals surface area contributed by atoms with Crippen LogP contribution in [0.4, 0.5) is 0 Å². The van der Waals surface area contributed by atoms with Gasteiger partial charge in [-0.15, -0.1) is 0 Å². The summed E-state index contributed by atoms with van der Waals surface area (Å²) in [6.45, 7) is 6.43. The average Bonchev–Trinajstić information content (AvgIpc) is 2.39. The fraction of sp³-hybridized carbons (Fsp3) is 0.933. The van der Waals surface area contributed by atoms with Crippen LogP contribution in [0.5, 0.6) is 0 Å². The summed E-state index contributed by atoms with van der Waals surface area (Å²) in [6, 6.07) is 0.978. The fourth-order valence-electron chi connectivity index (χ4n) is 3.67. The Morgan fingerprint density at radius 1 is 1.30 bits per heavy atom. The van der Waals surface area contributed by atoms with Gasteiger partial charge in [0.05, 0.1) is 24.9 Å². The van der Waals surface area contributed by atoms with Gasteiger partial charge in [0.1, 0.15) is 0 Å². The Morgan fingerprint density at radius 2 is 2.00 bits per heavy atom. The number of hydrogen-bond donors (Lipinski definition) is 0. The molecular formula is C15H26N2O3. The second-order valence-electron chi connectivity index (χ2n) is 6.54. The molecule has 1 atom stereocenters. The lowest BCUT2D eigenvalue weighted by molar-refractivity contribution is -0.156. The molecule has 0 aliphatic carbocycles. The lowest BCUT2D eigenvalue weighted by Crippen LogP contribution is -2.58. The van der Waals surface area contributed by atoms with Crippen LogP contribution in [0.3, 0.4) is 0 Å². The Kier molecular flexibility index (Phi) is 4.02. The second kappa shape index (κ2) is 5.62. The van der Waals surface area contributed by atoms with E-state index in [1.54, 1.807) is 6.92 Å². The molecule has 0 radical (unpaired) electrons. The molecule has 20 heavy (non-hydrogen) atoms. The molecule has 3 aliphatic heterocycles. The zero-order valence-corrected chi connectivity index (χ0v) is 12.6. The fourth-order valence-corrected chi connectivity index (χ4v) is 3.67. The van der Waals surface area contributed by atoms with E-state index >= 15 is 0 Å². The summed E-state index contributed by atoms with van der Waals surface area (Å²) in [5, 5.41) is 0. The van der Waals surface area contributed by atoms with E-state index in [-0.39, 0.29) is 11.5 Å². The third-order valence-corrected chi connectivity index (χ3v) is 5.36. The average molecular weight is 282 g/mol. The van der Waals surface area contributed by atoms with E-state index in [9.17, 15) is 4.79 Å². The number of ether oxygens (including phenoxy) is 2. The van der Waals surface area contributed by atoms with Crippen molar-refractivity contribution < 1.29 is 14.3 Å². The van der Waals surface area contributed by atoms with Crippen molar-refractivity contribution in [3.63, 3.8) is 0 Å². The molecule has 5 heteroatoms. The quantitative estimate of drug-likeness (QED) is 0.754. The molecule has 0 N–H and O–H groups in total. The molecule has 1 spiro atoms. The first-order valence-corrected chi connectivity index (χ1v) is 7.79. The highest BCUT2D eigenvalue weighted by Gasteiger charge is 2.43. The van der Waals surface area contributed by atoms with Gasteiger partial charge in [0.25, 0.3) is 0 Å². The van der Waals surface area contributed by atoms with E-state index in [4.69, 9.17) is 9.47 Å². The number of carbonyl (C=O) groups excluding carboxylic acids is 1. The molecule has 1 amide bonds. The van der Waals surface area contributed by atoms with Gasteiger partial charge in [-0.05, 0) is 25.7 Å². The number of amides is 1. The minimum Gasteiger partial charge on any atom is -0.378 e. The van der Waals surface area contributed by atoms with E-state index in [0.29, 0.717) is 12.1 Å². The van der Waals surface area contributed by atoms with Gasteiger partial charge in [0.15, 0.2) is 0 Å². The maximum atomic E-state index is 11.6. The highest BCUT2D eigenvalue weighted by molar-refractivity contribution is 5.73. The predicted molar refractivity (Wildman–Crippen MR) is 75.6 cm³/mol. The summed E-state index contributed by atoms with van der Waals surface area (Å²) in [5.74, 6) is 0.163. The molecule has 3 rings (SSSR count). The third-order valence-electron chi connectivity index (χ3n) is 5.36. The molecule has 0 aromatic carbocycles. The first-order valence-electron chi connectivity index (χ1n) is 7.79. The van der Waals surface area contributed by atoms with Crippen LogP contribution >= 0.6 is 0 Å². The molecule has 3 aliphatic rings. The number of likely N-dealkylation sites (tertiary alicyclic amines) is 1. The summed E-state index contributed by atoms with van der Waals surface area (Å²) in [7, 11) is 1.92. The lowest BCUT2D eigenvalue weighted by Gasteiger charge is -2.50. The van der Waals surface area contributed by atoms with E-state index in [0.717, 1.165) is 58.6 Å². The van der Waals surface area contributed by atoms with Crippen LogP contribution in [0.1, 0.15) is 32.6 Å². The van der Waals surface area contributed by atoms with Crippen molar-refractivity contribution in [1.82, 2.24) is 9.80 Å². The van der Waals surface area contributed by atoms with Crippen molar-refractivity contribution in [3.05, 3.63) is 0 Å². The molecule has 0 bridgehead atoms. The maximum Gasteiger partial charge on any atom is 0.219 e. The zero-order valence-electron chi connectivity index (χ0n) is 12.6. The molecule has 5 nitrogen and oxygen atoms in total. The molecule has 3 saturated heterocycles. The van der Waals surface area contributed by atoms with Crippen LogP contribution in [0.25, 0.3) is 0 Å². The normalized spacial score (nSPS) is 31.0. The minimum absolute atomic E-state index is 0.00767. The Labute approximate surface area is 121 Å². The van der Waals surface area contributed by atoms with Crippen LogP contribution in [-0.4, -0.2) is 73.3 Å². The van der Waals surface area contributed by atoms with Gasteiger partial charge in [-0.25, -0.2) is 0 Å². The van der Waals surface area contributed by atoms with Crippen molar-refractivity contribution in [2.24, 2.45) is 0 Å². The third kappa shape index (κ3) is 2.71. The SMILES string of the molecule is CC(=O)N(C)C1CCOC2(CCN(C3COC3)CC2)C1. The molecule has 0 aromatic heterocycles. The Morgan fingerprint density at radius 3 is 2.55 bits per heavy atom. The number of piperidine rings is 1. The lowest BCUT2D eigenvalue weighted by atomic mass is 9.81. The minimum atomic E-state index is 0.00767. The van der Waals surface area contributed by atoms with Crippen molar-refractivity contribution in [2.45, 2.75) is 50.3 Å². The van der Waals surface area contributed by atoms with Gasteiger partial charge in [-0.1, -0.05) is 0 Å². The summed E-state index contributed by atoms with van der Waals surface area (Å²) >= 11 is 0. The number of nitrogens with zero attached hydrogens (tertiary/aromatic N) is 2. The number of rotatable bonds is 2. The van der Waals surface area contributed by atoms with E-state index in [2.05, 4.69) is 4.90 Å². The first kappa shape index (κ1) is 14.3. The van der Waals surface area contributed by atoms with Crippen LogP contribution in [0.15, 0.2) is 0 Å². The van der Waals surface area contributed by atoms with Gasteiger partial charge in [0.2, 0.25) is 5.91 Å². The van der Waals surface area contributed by atoms with Gasteiger partial charge in [-0.2, -0.15) is 0 Å². The largest absolute Gasteiger partial charge is 0.378 e. The van der Waals surface area contributed by atoms with Crippen LogP contribution in [0, 0.1) is 0 Å². The molecular weight excluding hydrogens is 256 g/mol. The molecule has 3 fully saturated rings. The van der Waals surface area contributed by atoms with E-state index in [1.807, 2.05) is 11.9 Å². The van der Waals surface area contributed by atoms with Gasteiger partial charge >= 0.3 is 0 Å². The molecule has 3 heterocycles. The number of carbonyl (C=O) groups is 1. The Hall–Kier alpha value is -0.650. The summed E-state index contributed by atoms with van der Waals surface area (Å²) in [6.07, 6.45) is 4.15. The Bertz CT molecular complexity index is 362. The van der Waals surface area contributed by atoms with Gasteiger partial charge in [-0.3, -0.25) is 9.69 Å². The predicted octanol–water partition coefficient (Wildman–Crippen LogP) is 0.877. The molecule has 0 saturated carbocycles. The smallest absolute Gasteiger partial charge is 0.219 e. The standard InChI is InChI=1S/C15H26N2O3/c1-12(18)16(2)13-3-8-20-15(9-13)4-6-17(7-5-15)14-10-19-11-14/h13-14H,3-11H2,1-2H3. The van der Waals surface area contributed by atoms with Crippen molar-refractivity contribution in [2.75, 3.05) is 40.0 Å². The second-order valence-corrected chi connectivity index (χ2v) is 6.54. The monoisotopic (exact) mass is 282 g/mol. The molecule has 0 aromatic rings. The highest BCUT2D eigenvalue weighted by Crippen LogP contribution is 2.37. The topological polar surface area (TPSA) is 42.0 Å². The van der Waals surface area contributed by atoms with Crippen LogP contribution in [0.2, 0.25) is 0 Å². The summed E-state index contributed by atoms with van der Waals surface area (Å²) in [4.78, 5) is 16.0.